The molecule has 1 aromatic heterocycles. The van der Waals surface area contributed by atoms with Crippen LogP contribution in [-0.2, 0) is 4.79 Å². The van der Waals surface area contributed by atoms with Crippen LogP contribution < -0.4 is 10.2 Å². The van der Waals surface area contributed by atoms with Gasteiger partial charge in [0.2, 0.25) is 5.91 Å². The molecule has 0 aliphatic carbocycles. The first-order chi connectivity index (χ1) is 11.4. The van der Waals surface area contributed by atoms with Crippen LogP contribution in [-0.4, -0.2) is 71.6 Å². The number of piperidine rings is 2. The predicted molar refractivity (Wildman–Crippen MR) is 87.6 cm³/mol. The van der Waals surface area contributed by atoms with Crippen molar-refractivity contribution in [1.82, 2.24) is 20.2 Å². The summed E-state index contributed by atoms with van der Waals surface area (Å²) in [6, 6.07) is 0. The number of carbonyl (C=O) groups is 2. The number of aromatic nitrogens is 2. The third-order valence-corrected chi connectivity index (χ3v) is 4.89. The third kappa shape index (κ3) is 2.82. The summed E-state index contributed by atoms with van der Waals surface area (Å²) in [5.41, 5.74) is -0.537. The van der Waals surface area contributed by atoms with Crippen molar-refractivity contribution in [3.05, 3.63) is 18.1 Å². The van der Waals surface area contributed by atoms with Crippen molar-refractivity contribution in [3.8, 4) is 0 Å². The van der Waals surface area contributed by atoms with Gasteiger partial charge >= 0.3 is 0 Å². The standard InChI is InChI=1S/C16H23N5O3/c1-20(2)14(23)11-8-17-9-13(19-11)21-7-4-12(22)16(10-21)5-3-6-18-15(16)24/h8-9,12,22H,3-7,10H2,1-2H3,(H,18,24)/t12-,16+/m0/s1. The molecule has 1 aromatic rings. The first-order valence-electron chi connectivity index (χ1n) is 8.19. The van der Waals surface area contributed by atoms with E-state index in [2.05, 4.69) is 15.3 Å². The average molecular weight is 333 g/mol. The lowest BCUT2D eigenvalue weighted by Gasteiger charge is -2.47. The van der Waals surface area contributed by atoms with Gasteiger partial charge in [0.1, 0.15) is 11.5 Å². The largest absolute Gasteiger partial charge is 0.392 e. The highest BCUT2D eigenvalue weighted by Gasteiger charge is 2.50. The minimum Gasteiger partial charge on any atom is -0.392 e. The molecule has 2 N–H and O–H groups in total. The Kier molecular flexibility index (Phi) is 4.40. The highest BCUT2D eigenvalue weighted by atomic mass is 16.3. The van der Waals surface area contributed by atoms with E-state index < -0.39 is 11.5 Å². The van der Waals surface area contributed by atoms with E-state index in [1.54, 1.807) is 20.3 Å². The minimum atomic E-state index is -0.806. The van der Waals surface area contributed by atoms with Gasteiger partial charge in [-0.2, -0.15) is 0 Å². The summed E-state index contributed by atoms with van der Waals surface area (Å²) in [6.07, 6.45) is 4.36. The van der Waals surface area contributed by atoms with Crippen LogP contribution in [0.2, 0.25) is 0 Å². The number of rotatable bonds is 2. The number of carbonyl (C=O) groups excluding carboxylic acids is 2. The molecule has 8 heteroatoms. The summed E-state index contributed by atoms with van der Waals surface area (Å²) < 4.78 is 0. The van der Waals surface area contributed by atoms with Crippen LogP contribution in [0.1, 0.15) is 29.8 Å². The van der Waals surface area contributed by atoms with Crippen LogP contribution in [0, 0.1) is 5.41 Å². The Morgan fingerprint density at radius 3 is 2.96 bits per heavy atom. The van der Waals surface area contributed by atoms with Gasteiger partial charge in [-0.15, -0.1) is 0 Å². The molecule has 2 fully saturated rings. The van der Waals surface area contributed by atoms with Crippen molar-refractivity contribution < 1.29 is 14.7 Å². The van der Waals surface area contributed by atoms with E-state index >= 15 is 0 Å². The molecule has 2 amide bonds. The molecule has 0 radical (unpaired) electrons. The maximum atomic E-state index is 12.4. The molecule has 2 aliphatic heterocycles. The Balaban J connectivity index is 1.86. The molecule has 3 rings (SSSR count). The van der Waals surface area contributed by atoms with Crippen LogP contribution in [0.4, 0.5) is 5.82 Å². The first kappa shape index (κ1) is 16.6. The third-order valence-electron chi connectivity index (χ3n) is 4.89. The lowest BCUT2D eigenvalue weighted by atomic mass is 9.71. The lowest BCUT2D eigenvalue weighted by molar-refractivity contribution is -0.142. The second kappa shape index (κ2) is 6.35. The number of nitrogens with zero attached hydrogens (tertiary/aromatic N) is 4. The quantitative estimate of drug-likeness (QED) is 0.767. The zero-order chi connectivity index (χ0) is 17.3. The zero-order valence-electron chi connectivity index (χ0n) is 14.0. The highest BCUT2D eigenvalue weighted by Crippen LogP contribution is 2.38. The Labute approximate surface area is 140 Å². The van der Waals surface area contributed by atoms with Crippen LogP contribution in [0.5, 0.6) is 0 Å². The van der Waals surface area contributed by atoms with E-state index in [0.717, 1.165) is 6.42 Å². The summed E-state index contributed by atoms with van der Waals surface area (Å²) in [5.74, 6) is 0.248. The van der Waals surface area contributed by atoms with Crippen molar-refractivity contribution in [3.63, 3.8) is 0 Å². The molecule has 2 aliphatic rings. The second-order valence-electron chi connectivity index (χ2n) is 6.70. The van der Waals surface area contributed by atoms with Crippen LogP contribution in [0.25, 0.3) is 0 Å². The zero-order valence-corrected chi connectivity index (χ0v) is 14.0. The highest BCUT2D eigenvalue weighted by molar-refractivity contribution is 5.92. The normalized spacial score (nSPS) is 27.0. The van der Waals surface area contributed by atoms with Gasteiger partial charge in [-0.3, -0.25) is 14.6 Å². The molecular weight excluding hydrogens is 310 g/mol. The summed E-state index contributed by atoms with van der Waals surface area (Å²) in [4.78, 5) is 36.4. The van der Waals surface area contributed by atoms with Crippen LogP contribution >= 0.6 is 0 Å². The fourth-order valence-corrected chi connectivity index (χ4v) is 3.48. The van der Waals surface area contributed by atoms with Gasteiger partial charge in [0.15, 0.2) is 0 Å². The first-order valence-corrected chi connectivity index (χ1v) is 8.19. The van der Waals surface area contributed by atoms with Gasteiger partial charge < -0.3 is 20.2 Å². The molecule has 2 saturated heterocycles. The fourth-order valence-electron chi connectivity index (χ4n) is 3.48. The van der Waals surface area contributed by atoms with Crippen molar-refractivity contribution in [2.45, 2.75) is 25.4 Å². The summed E-state index contributed by atoms with van der Waals surface area (Å²) >= 11 is 0. The maximum Gasteiger partial charge on any atom is 0.273 e. The van der Waals surface area contributed by atoms with Gasteiger partial charge in [-0.25, -0.2) is 4.98 Å². The number of nitrogens with one attached hydrogen (secondary N) is 1. The maximum absolute atomic E-state index is 12.4. The molecule has 3 heterocycles. The molecule has 0 bridgehead atoms. The summed E-state index contributed by atoms with van der Waals surface area (Å²) in [5, 5.41) is 13.3. The van der Waals surface area contributed by atoms with Crippen molar-refractivity contribution in [2.75, 3.05) is 38.6 Å². The van der Waals surface area contributed by atoms with Crippen molar-refractivity contribution in [1.29, 1.82) is 0 Å². The van der Waals surface area contributed by atoms with Crippen molar-refractivity contribution >= 4 is 17.6 Å². The van der Waals surface area contributed by atoms with E-state index in [4.69, 9.17) is 0 Å². The molecule has 0 saturated carbocycles. The topological polar surface area (TPSA) is 98.7 Å². The number of amides is 2. The molecule has 130 valence electrons. The molecule has 0 aromatic carbocycles. The van der Waals surface area contributed by atoms with E-state index in [-0.39, 0.29) is 17.5 Å². The lowest BCUT2D eigenvalue weighted by Crippen LogP contribution is -2.61. The van der Waals surface area contributed by atoms with E-state index in [9.17, 15) is 14.7 Å². The molecule has 24 heavy (non-hydrogen) atoms. The van der Waals surface area contributed by atoms with Gasteiger partial charge in [0, 0.05) is 33.7 Å². The van der Waals surface area contributed by atoms with E-state index in [1.165, 1.54) is 11.1 Å². The van der Waals surface area contributed by atoms with Gasteiger partial charge in [0.25, 0.3) is 5.91 Å². The van der Waals surface area contributed by atoms with Crippen molar-refractivity contribution in [2.24, 2.45) is 5.41 Å². The molecule has 1 spiro atoms. The number of hydrogen-bond donors (Lipinski definition) is 2. The summed E-state index contributed by atoms with van der Waals surface area (Å²) in [7, 11) is 3.32. The Hall–Kier alpha value is -2.22. The minimum absolute atomic E-state index is 0.0977. The number of hydrogen-bond acceptors (Lipinski definition) is 6. The Morgan fingerprint density at radius 2 is 2.25 bits per heavy atom. The number of aliphatic hydroxyl groups excluding tert-OH is 1. The molecular formula is C16H23N5O3. The summed E-state index contributed by atoms with van der Waals surface area (Å²) in [6.45, 7) is 1.61. The van der Waals surface area contributed by atoms with Crippen LogP contribution in [0.15, 0.2) is 12.4 Å². The number of anilines is 1. The predicted octanol–water partition coefficient (Wildman–Crippen LogP) is -0.354. The molecule has 0 unspecified atom stereocenters. The van der Waals surface area contributed by atoms with Gasteiger partial charge in [-0.05, 0) is 19.3 Å². The monoisotopic (exact) mass is 333 g/mol. The van der Waals surface area contributed by atoms with E-state index in [1.807, 2.05) is 4.90 Å². The van der Waals surface area contributed by atoms with Crippen LogP contribution in [0.3, 0.4) is 0 Å². The van der Waals surface area contributed by atoms with Gasteiger partial charge in [-0.1, -0.05) is 0 Å². The van der Waals surface area contributed by atoms with E-state index in [0.29, 0.717) is 38.3 Å². The number of aliphatic hydroxyl groups is 1. The molecule has 8 nitrogen and oxygen atoms in total. The Morgan fingerprint density at radius 1 is 1.46 bits per heavy atom. The fraction of sp³-hybridized carbons (Fsp3) is 0.625. The second-order valence-corrected chi connectivity index (χ2v) is 6.70. The Bertz CT molecular complexity index is 650. The molecule has 2 atom stereocenters. The SMILES string of the molecule is CN(C)C(=O)c1cncc(N2CC[C@H](O)[C@@]3(CCCNC3=O)C2)n1. The van der Waals surface area contributed by atoms with Gasteiger partial charge in [0.05, 0.1) is 23.9 Å². The average Bonchev–Trinajstić information content (AvgIpc) is 2.59. The smallest absolute Gasteiger partial charge is 0.273 e.